The van der Waals surface area contributed by atoms with Crippen molar-refractivity contribution >= 4 is 11.2 Å². The molecule has 2 aromatic heterocycles. The third-order valence-corrected chi connectivity index (χ3v) is 4.97. The molecular weight excluding hydrogens is 362 g/mol. The summed E-state index contributed by atoms with van der Waals surface area (Å²) in [4.78, 5) is 28.6. The van der Waals surface area contributed by atoms with Crippen molar-refractivity contribution in [1.29, 1.82) is 0 Å². The van der Waals surface area contributed by atoms with Gasteiger partial charge >= 0.3 is 5.69 Å². The maximum atomic E-state index is 12.4. The zero-order valence-electron chi connectivity index (χ0n) is 16.2. The van der Waals surface area contributed by atoms with Crippen LogP contribution in [0.1, 0.15) is 25.0 Å². The maximum Gasteiger partial charge on any atom is 0.332 e. The number of nitrogens with zero attached hydrogens (tertiary/aromatic N) is 4. The molecule has 3 N–H and O–H groups in total. The highest BCUT2D eigenvalue weighted by Gasteiger charge is 2.16. The predicted octanol–water partition coefficient (Wildman–Crippen LogP) is 0.241. The Morgan fingerprint density at radius 2 is 1.82 bits per heavy atom. The van der Waals surface area contributed by atoms with E-state index in [-0.39, 0.29) is 17.4 Å². The summed E-state index contributed by atoms with van der Waals surface area (Å²) in [6.45, 7) is 3.07. The van der Waals surface area contributed by atoms with Gasteiger partial charge in [-0.2, -0.15) is 0 Å². The SMILES string of the molecule is CC(NCCCn1cnc2c1c(=O)n(C)c(=O)n2C)C(O)c1ccc(O)cc1. The molecule has 0 fully saturated rings. The lowest BCUT2D eigenvalue weighted by Crippen LogP contribution is -2.37. The molecule has 0 aliphatic heterocycles. The largest absolute Gasteiger partial charge is 0.508 e. The van der Waals surface area contributed by atoms with Crippen molar-refractivity contribution in [1.82, 2.24) is 24.0 Å². The standard InChI is InChI=1S/C19H25N5O4/c1-12(16(26)13-5-7-14(25)8-6-13)20-9-4-10-24-11-21-17-15(24)18(27)23(3)19(28)22(17)2/h5-8,11-12,16,20,25-26H,4,9-10H2,1-3H3. The second kappa shape index (κ2) is 7.99. The zero-order chi connectivity index (χ0) is 20.4. The van der Waals surface area contributed by atoms with Gasteiger partial charge in [0.1, 0.15) is 5.75 Å². The van der Waals surface area contributed by atoms with E-state index >= 15 is 0 Å². The van der Waals surface area contributed by atoms with Crippen LogP contribution in [0.3, 0.4) is 0 Å². The molecule has 1 aromatic carbocycles. The Labute approximate surface area is 161 Å². The number of phenols is 1. The number of hydrogen-bond acceptors (Lipinski definition) is 6. The molecule has 3 aromatic rings. The summed E-state index contributed by atoms with van der Waals surface area (Å²) in [6, 6.07) is 6.29. The normalized spacial score (nSPS) is 13.7. The van der Waals surface area contributed by atoms with E-state index in [0.29, 0.717) is 30.7 Å². The number of rotatable bonds is 7. The van der Waals surface area contributed by atoms with E-state index in [0.717, 1.165) is 10.1 Å². The van der Waals surface area contributed by atoms with Gasteiger partial charge in [-0.1, -0.05) is 12.1 Å². The lowest BCUT2D eigenvalue weighted by Gasteiger charge is -2.21. The van der Waals surface area contributed by atoms with Crippen molar-refractivity contribution in [2.75, 3.05) is 6.54 Å². The molecule has 0 radical (unpaired) electrons. The highest BCUT2D eigenvalue weighted by atomic mass is 16.3. The number of imidazole rings is 1. The minimum Gasteiger partial charge on any atom is -0.508 e. The monoisotopic (exact) mass is 387 g/mol. The second-order valence-corrected chi connectivity index (χ2v) is 6.95. The maximum absolute atomic E-state index is 12.4. The summed E-state index contributed by atoms with van der Waals surface area (Å²) in [7, 11) is 3.05. The van der Waals surface area contributed by atoms with Crippen LogP contribution in [0.4, 0.5) is 0 Å². The summed E-state index contributed by atoms with van der Waals surface area (Å²) >= 11 is 0. The van der Waals surface area contributed by atoms with Gasteiger partial charge in [0.15, 0.2) is 11.2 Å². The fraction of sp³-hybridized carbons (Fsp3) is 0.421. The Morgan fingerprint density at radius 1 is 1.14 bits per heavy atom. The average molecular weight is 387 g/mol. The molecule has 150 valence electrons. The van der Waals surface area contributed by atoms with Crippen LogP contribution in [0.25, 0.3) is 11.2 Å². The van der Waals surface area contributed by atoms with Gasteiger partial charge in [-0.05, 0) is 37.6 Å². The topological polar surface area (TPSA) is 114 Å². The molecule has 0 aliphatic rings. The van der Waals surface area contributed by atoms with Crippen molar-refractivity contribution < 1.29 is 10.2 Å². The van der Waals surface area contributed by atoms with Gasteiger partial charge < -0.3 is 20.1 Å². The number of nitrogens with one attached hydrogen (secondary N) is 1. The molecule has 2 unspecified atom stereocenters. The van der Waals surface area contributed by atoms with E-state index < -0.39 is 11.8 Å². The summed E-state index contributed by atoms with van der Waals surface area (Å²) in [6.07, 6.45) is 1.58. The van der Waals surface area contributed by atoms with Crippen LogP contribution in [0.2, 0.25) is 0 Å². The van der Waals surface area contributed by atoms with E-state index in [1.165, 1.54) is 11.6 Å². The van der Waals surface area contributed by atoms with E-state index in [2.05, 4.69) is 10.3 Å². The number of aryl methyl sites for hydroxylation is 2. The molecule has 0 spiro atoms. The van der Waals surface area contributed by atoms with Crippen LogP contribution in [0.5, 0.6) is 5.75 Å². The van der Waals surface area contributed by atoms with E-state index in [1.54, 1.807) is 42.2 Å². The van der Waals surface area contributed by atoms with Gasteiger partial charge in [0, 0.05) is 26.7 Å². The molecule has 9 nitrogen and oxygen atoms in total. The van der Waals surface area contributed by atoms with Gasteiger partial charge in [0.05, 0.1) is 12.4 Å². The number of aromatic nitrogens is 4. The Hall–Kier alpha value is -2.91. The molecule has 0 amide bonds. The molecule has 0 saturated heterocycles. The smallest absolute Gasteiger partial charge is 0.332 e. The second-order valence-electron chi connectivity index (χ2n) is 6.95. The molecule has 0 aliphatic carbocycles. The first-order chi connectivity index (χ1) is 13.3. The van der Waals surface area contributed by atoms with Crippen molar-refractivity contribution in [2.24, 2.45) is 14.1 Å². The van der Waals surface area contributed by atoms with Gasteiger partial charge in [0.25, 0.3) is 5.56 Å². The van der Waals surface area contributed by atoms with Crippen LogP contribution in [0.15, 0.2) is 40.2 Å². The van der Waals surface area contributed by atoms with Gasteiger partial charge in [-0.3, -0.25) is 13.9 Å². The van der Waals surface area contributed by atoms with E-state index in [4.69, 9.17) is 0 Å². The molecule has 9 heteroatoms. The molecule has 28 heavy (non-hydrogen) atoms. The third-order valence-electron chi connectivity index (χ3n) is 4.97. The molecule has 3 rings (SSSR count). The molecule has 2 atom stereocenters. The first-order valence-corrected chi connectivity index (χ1v) is 9.12. The Kier molecular flexibility index (Phi) is 5.66. The van der Waals surface area contributed by atoms with Gasteiger partial charge in [0.2, 0.25) is 0 Å². The van der Waals surface area contributed by atoms with Crippen molar-refractivity contribution in [3.8, 4) is 5.75 Å². The Balaban J connectivity index is 1.62. The van der Waals surface area contributed by atoms with Crippen LogP contribution in [-0.2, 0) is 20.6 Å². The number of hydrogen-bond donors (Lipinski definition) is 3. The quantitative estimate of drug-likeness (QED) is 0.501. The number of fused-ring (bicyclic) bond motifs is 1. The summed E-state index contributed by atoms with van der Waals surface area (Å²) in [5, 5.41) is 23.0. The lowest BCUT2D eigenvalue weighted by molar-refractivity contribution is 0.136. The Bertz CT molecular complexity index is 1080. The van der Waals surface area contributed by atoms with Crippen LogP contribution >= 0.6 is 0 Å². The lowest BCUT2D eigenvalue weighted by atomic mass is 10.0. The molecular formula is C19H25N5O4. The number of aromatic hydroxyl groups is 1. The highest BCUT2D eigenvalue weighted by Crippen LogP contribution is 2.19. The van der Waals surface area contributed by atoms with Crippen molar-refractivity contribution in [3.63, 3.8) is 0 Å². The van der Waals surface area contributed by atoms with E-state index in [9.17, 15) is 19.8 Å². The Morgan fingerprint density at radius 3 is 2.50 bits per heavy atom. The van der Waals surface area contributed by atoms with E-state index in [1.807, 2.05) is 6.92 Å². The number of aliphatic hydroxyl groups is 1. The zero-order valence-corrected chi connectivity index (χ0v) is 16.2. The predicted molar refractivity (Wildman–Crippen MR) is 105 cm³/mol. The fourth-order valence-electron chi connectivity index (χ4n) is 3.22. The van der Waals surface area contributed by atoms with Crippen molar-refractivity contribution in [3.05, 3.63) is 57.0 Å². The molecule has 0 bridgehead atoms. The minimum absolute atomic E-state index is 0.160. The fourth-order valence-corrected chi connectivity index (χ4v) is 3.22. The van der Waals surface area contributed by atoms with Crippen LogP contribution in [0, 0.1) is 0 Å². The van der Waals surface area contributed by atoms with Gasteiger partial charge in [-0.25, -0.2) is 9.78 Å². The highest BCUT2D eigenvalue weighted by molar-refractivity contribution is 5.69. The third kappa shape index (κ3) is 3.71. The number of aliphatic hydroxyl groups excluding tert-OH is 1. The first-order valence-electron chi connectivity index (χ1n) is 9.12. The van der Waals surface area contributed by atoms with Crippen LogP contribution < -0.4 is 16.6 Å². The number of benzene rings is 1. The molecule has 0 saturated carbocycles. The summed E-state index contributed by atoms with van der Waals surface area (Å²) in [5.41, 5.74) is 0.739. The van der Waals surface area contributed by atoms with Gasteiger partial charge in [-0.15, -0.1) is 0 Å². The van der Waals surface area contributed by atoms with Crippen LogP contribution in [-0.4, -0.2) is 41.5 Å². The summed E-state index contributed by atoms with van der Waals surface area (Å²) in [5.74, 6) is 0.160. The first kappa shape index (κ1) is 19.8. The summed E-state index contributed by atoms with van der Waals surface area (Å²) < 4.78 is 4.19. The number of phenolic OH excluding ortho intramolecular Hbond substituents is 1. The molecule has 2 heterocycles. The van der Waals surface area contributed by atoms with Crippen molar-refractivity contribution in [2.45, 2.75) is 32.0 Å². The minimum atomic E-state index is -0.698. The average Bonchev–Trinajstić information content (AvgIpc) is 3.12.